The summed E-state index contributed by atoms with van der Waals surface area (Å²) in [5.74, 6) is 0. The fourth-order valence-corrected chi connectivity index (χ4v) is 2.32. The predicted molar refractivity (Wildman–Crippen MR) is 76.2 cm³/mol. The highest BCUT2D eigenvalue weighted by Crippen LogP contribution is 2.15. The minimum absolute atomic E-state index is 0.454. The van der Waals surface area contributed by atoms with Crippen LogP contribution in [0.15, 0.2) is 30.3 Å². The van der Waals surface area contributed by atoms with Crippen LogP contribution >= 0.6 is 0 Å². The molecule has 0 spiro atoms. The molecule has 3 nitrogen and oxygen atoms in total. The average Bonchev–Trinajstić information content (AvgIpc) is 2.45. The van der Waals surface area contributed by atoms with Crippen molar-refractivity contribution in [2.24, 2.45) is 0 Å². The first kappa shape index (κ1) is 13.4. The Morgan fingerprint density at radius 1 is 1.33 bits per heavy atom. The molecule has 1 heterocycles. The number of morpholine rings is 1. The first-order valence-electron chi connectivity index (χ1n) is 7.01. The topological polar surface area (TPSA) is 24.5 Å². The van der Waals surface area contributed by atoms with Gasteiger partial charge in [-0.1, -0.05) is 31.5 Å². The van der Waals surface area contributed by atoms with Crippen LogP contribution in [0.2, 0.25) is 0 Å². The van der Waals surface area contributed by atoms with E-state index in [0.29, 0.717) is 6.04 Å². The second kappa shape index (κ2) is 7.39. The van der Waals surface area contributed by atoms with Crippen molar-refractivity contribution >= 4 is 5.69 Å². The van der Waals surface area contributed by atoms with Crippen LogP contribution in [-0.2, 0) is 4.74 Å². The summed E-state index contributed by atoms with van der Waals surface area (Å²) in [7, 11) is 0. The maximum absolute atomic E-state index is 5.53. The number of rotatable bonds is 6. The van der Waals surface area contributed by atoms with Gasteiger partial charge in [-0.05, 0) is 18.6 Å². The lowest BCUT2D eigenvalue weighted by molar-refractivity contribution is 0.0787. The highest BCUT2D eigenvalue weighted by molar-refractivity contribution is 5.46. The summed E-state index contributed by atoms with van der Waals surface area (Å²) in [4.78, 5) is 2.47. The van der Waals surface area contributed by atoms with Crippen molar-refractivity contribution in [3.63, 3.8) is 0 Å². The van der Waals surface area contributed by atoms with Gasteiger partial charge in [0.25, 0.3) is 0 Å². The molecule has 1 aromatic carbocycles. The van der Waals surface area contributed by atoms with Gasteiger partial charge in [0.15, 0.2) is 0 Å². The van der Waals surface area contributed by atoms with Gasteiger partial charge in [0.05, 0.1) is 13.2 Å². The average molecular weight is 248 g/mol. The van der Waals surface area contributed by atoms with E-state index in [1.807, 2.05) is 0 Å². The number of ether oxygens (including phenoxy) is 1. The van der Waals surface area contributed by atoms with Crippen LogP contribution in [0.25, 0.3) is 0 Å². The molecule has 1 atom stereocenters. The molecule has 1 aliphatic heterocycles. The molecule has 1 aromatic rings. The van der Waals surface area contributed by atoms with Gasteiger partial charge in [-0.15, -0.1) is 0 Å². The first-order chi connectivity index (χ1) is 8.90. The van der Waals surface area contributed by atoms with Crippen molar-refractivity contribution in [1.82, 2.24) is 5.32 Å². The van der Waals surface area contributed by atoms with Crippen molar-refractivity contribution in [3.8, 4) is 0 Å². The van der Waals surface area contributed by atoms with Gasteiger partial charge in [-0.25, -0.2) is 0 Å². The third-order valence-electron chi connectivity index (χ3n) is 3.34. The summed E-state index contributed by atoms with van der Waals surface area (Å²) in [6.45, 7) is 7.04. The normalized spacial score (nSPS) is 19.7. The molecule has 0 saturated carbocycles. The van der Waals surface area contributed by atoms with Crippen molar-refractivity contribution in [2.45, 2.75) is 25.8 Å². The molecular weight excluding hydrogens is 224 g/mol. The van der Waals surface area contributed by atoms with Crippen LogP contribution in [0, 0.1) is 0 Å². The van der Waals surface area contributed by atoms with Crippen LogP contribution in [0.4, 0.5) is 5.69 Å². The smallest absolute Gasteiger partial charge is 0.0637 e. The maximum Gasteiger partial charge on any atom is 0.0637 e. The van der Waals surface area contributed by atoms with E-state index in [1.54, 1.807) is 0 Å². The molecule has 0 aliphatic carbocycles. The standard InChI is InChI=1S/C15H24N2O/c1-2-3-10-17(15-7-5-4-6-8-15)12-14-13-18-11-9-16-14/h4-8,14,16H,2-3,9-13H2,1H3. The molecule has 2 rings (SSSR count). The molecule has 0 radical (unpaired) electrons. The first-order valence-corrected chi connectivity index (χ1v) is 7.01. The molecule has 100 valence electrons. The van der Waals surface area contributed by atoms with Crippen LogP contribution < -0.4 is 10.2 Å². The molecule has 1 saturated heterocycles. The van der Waals surface area contributed by atoms with E-state index < -0.39 is 0 Å². The van der Waals surface area contributed by atoms with Crippen molar-refractivity contribution in [3.05, 3.63) is 30.3 Å². The minimum atomic E-state index is 0.454. The largest absolute Gasteiger partial charge is 0.378 e. The lowest BCUT2D eigenvalue weighted by Crippen LogP contribution is -2.48. The zero-order chi connectivity index (χ0) is 12.6. The summed E-state index contributed by atoms with van der Waals surface area (Å²) in [6, 6.07) is 11.1. The molecule has 0 aromatic heterocycles. The van der Waals surface area contributed by atoms with E-state index in [2.05, 4.69) is 47.5 Å². The lowest BCUT2D eigenvalue weighted by atomic mass is 10.2. The van der Waals surface area contributed by atoms with Gasteiger partial charge < -0.3 is 15.0 Å². The van der Waals surface area contributed by atoms with E-state index in [-0.39, 0.29) is 0 Å². The number of nitrogens with zero attached hydrogens (tertiary/aromatic N) is 1. The Morgan fingerprint density at radius 3 is 2.83 bits per heavy atom. The van der Waals surface area contributed by atoms with Crippen LogP contribution in [0.1, 0.15) is 19.8 Å². The predicted octanol–water partition coefficient (Wildman–Crippen LogP) is 2.28. The fraction of sp³-hybridized carbons (Fsp3) is 0.600. The van der Waals surface area contributed by atoms with E-state index in [0.717, 1.165) is 32.8 Å². The fourth-order valence-electron chi connectivity index (χ4n) is 2.32. The molecule has 1 unspecified atom stereocenters. The van der Waals surface area contributed by atoms with Crippen LogP contribution in [0.3, 0.4) is 0 Å². The number of hydrogen-bond donors (Lipinski definition) is 1. The lowest BCUT2D eigenvalue weighted by Gasteiger charge is -2.32. The molecule has 1 aliphatic rings. The quantitative estimate of drug-likeness (QED) is 0.836. The molecule has 0 bridgehead atoms. The molecule has 0 amide bonds. The Hall–Kier alpha value is -1.06. The minimum Gasteiger partial charge on any atom is -0.378 e. The summed E-state index contributed by atoms with van der Waals surface area (Å²) in [5, 5.41) is 3.53. The van der Waals surface area contributed by atoms with Crippen molar-refractivity contribution in [2.75, 3.05) is 37.7 Å². The third kappa shape index (κ3) is 4.00. The molecular formula is C15H24N2O. The maximum atomic E-state index is 5.53. The highest BCUT2D eigenvalue weighted by Gasteiger charge is 2.17. The Morgan fingerprint density at radius 2 is 2.17 bits per heavy atom. The number of benzene rings is 1. The van der Waals surface area contributed by atoms with E-state index in [9.17, 15) is 0 Å². The van der Waals surface area contributed by atoms with Gasteiger partial charge in [-0.3, -0.25) is 0 Å². The Kier molecular flexibility index (Phi) is 5.49. The van der Waals surface area contributed by atoms with Gasteiger partial charge in [0, 0.05) is 31.4 Å². The Balaban J connectivity index is 1.95. The van der Waals surface area contributed by atoms with Gasteiger partial charge >= 0.3 is 0 Å². The Bertz CT molecular complexity index is 323. The molecule has 18 heavy (non-hydrogen) atoms. The molecule has 1 fully saturated rings. The highest BCUT2D eigenvalue weighted by atomic mass is 16.5. The SMILES string of the molecule is CCCCN(CC1COCCN1)c1ccccc1. The zero-order valence-electron chi connectivity index (χ0n) is 11.3. The number of para-hydroxylation sites is 1. The third-order valence-corrected chi connectivity index (χ3v) is 3.34. The van der Waals surface area contributed by atoms with Crippen molar-refractivity contribution < 1.29 is 4.74 Å². The number of hydrogen-bond acceptors (Lipinski definition) is 3. The van der Waals surface area contributed by atoms with Gasteiger partial charge in [0.2, 0.25) is 0 Å². The zero-order valence-corrected chi connectivity index (χ0v) is 11.3. The number of unbranched alkanes of at least 4 members (excludes halogenated alkanes) is 1. The van der Waals surface area contributed by atoms with Gasteiger partial charge in [-0.2, -0.15) is 0 Å². The van der Waals surface area contributed by atoms with Gasteiger partial charge in [0.1, 0.15) is 0 Å². The Labute approximate surface area is 110 Å². The summed E-state index contributed by atoms with van der Waals surface area (Å²) >= 11 is 0. The number of anilines is 1. The second-order valence-electron chi connectivity index (χ2n) is 4.86. The second-order valence-corrected chi connectivity index (χ2v) is 4.86. The van der Waals surface area contributed by atoms with E-state index >= 15 is 0 Å². The summed E-state index contributed by atoms with van der Waals surface area (Å²) in [6.07, 6.45) is 2.47. The molecule has 1 N–H and O–H groups in total. The summed E-state index contributed by atoms with van der Waals surface area (Å²) < 4.78 is 5.53. The van der Waals surface area contributed by atoms with E-state index in [4.69, 9.17) is 4.74 Å². The molecule has 3 heteroatoms. The van der Waals surface area contributed by atoms with Crippen LogP contribution in [-0.4, -0.2) is 38.9 Å². The summed E-state index contributed by atoms with van der Waals surface area (Å²) in [5.41, 5.74) is 1.32. The van der Waals surface area contributed by atoms with Crippen molar-refractivity contribution in [1.29, 1.82) is 0 Å². The van der Waals surface area contributed by atoms with E-state index in [1.165, 1.54) is 18.5 Å². The monoisotopic (exact) mass is 248 g/mol. The number of nitrogens with one attached hydrogen (secondary N) is 1. The van der Waals surface area contributed by atoms with Crippen LogP contribution in [0.5, 0.6) is 0 Å².